The Kier molecular flexibility index (Phi) is 4.29. The van der Waals surface area contributed by atoms with Crippen molar-refractivity contribution in [3.05, 3.63) is 34.9 Å². The summed E-state index contributed by atoms with van der Waals surface area (Å²) in [6, 6.07) is 4.54. The Morgan fingerprint density at radius 3 is 1.82 bits per heavy atom. The molecule has 0 aliphatic heterocycles. The lowest BCUT2D eigenvalue weighted by Gasteiger charge is -2.04. The van der Waals surface area contributed by atoms with Crippen LogP contribution in [-0.4, -0.2) is 26.2 Å². The third-order valence-corrected chi connectivity index (χ3v) is 2.04. The minimum atomic E-state index is -0.519. The second kappa shape index (κ2) is 5.71. The number of carbonyl (C=O) groups is 2. The van der Waals surface area contributed by atoms with Crippen molar-refractivity contribution >= 4 is 11.9 Å². The molecule has 17 heavy (non-hydrogen) atoms. The highest BCUT2D eigenvalue weighted by Crippen LogP contribution is 2.12. The fourth-order valence-electron chi connectivity index (χ4n) is 1.32. The van der Waals surface area contributed by atoms with Gasteiger partial charge in [0.25, 0.3) is 0 Å². The van der Waals surface area contributed by atoms with Gasteiger partial charge in [-0.1, -0.05) is 5.92 Å². The van der Waals surface area contributed by atoms with Gasteiger partial charge >= 0.3 is 11.9 Å². The normalized spacial score (nSPS) is 8.88. The zero-order valence-electron chi connectivity index (χ0n) is 9.87. The van der Waals surface area contributed by atoms with Crippen LogP contribution in [0.15, 0.2) is 18.2 Å². The number of carbonyl (C=O) groups excluding carboxylic acids is 2. The summed E-state index contributed by atoms with van der Waals surface area (Å²) < 4.78 is 9.20. The first kappa shape index (κ1) is 12.8. The van der Waals surface area contributed by atoms with Gasteiger partial charge in [0.2, 0.25) is 0 Å². The van der Waals surface area contributed by atoms with E-state index in [9.17, 15) is 9.59 Å². The molecule has 0 saturated carbocycles. The molecule has 0 unspecified atom stereocenters. The third-order valence-electron chi connectivity index (χ3n) is 2.04. The van der Waals surface area contributed by atoms with Gasteiger partial charge in [0.1, 0.15) is 0 Å². The second-order valence-electron chi connectivity index (χ2n) is 3.16. The number of hydrogen-bond acceptors (Lipinski definition) is 4. The van der Waals surface area contributed by atoms with E-state index in [-0.39, 0.29) is 11.1 Å². The van der Waals surface area contributed by atoms with Gasteiger partial charge in [-0.05, 0) is 25.1 Å². The van der Waals surface area contributed by atoms with Crippen LogP contribution in [0.1, 0.15) is 33.2 Å². The van der Waals surface area contributed by atoms with Crippen LogP contribution in [-0.2, 0) is 9.47 Å². The molecule has 0 N–H and O–H groups in total. The van der Waals surface area contributed by atoms with Gasteiger partial charge in [0, 0.05) is 5.56 Å². The summed E-state index contributed by atoms with van der Waals surface area (Å²) in [7, 11) is 2.55. The molecule has 4 nitrogen and oxygen atoms in total. The van der Waals surface area contributed by atoms with Gasteiger partial charge in [-0.25, -0.2) is 9.59 Å². The average Bonchev–Trinajstić information content (AvgIpc) is 2.36. The van der Waals surface area contributed by atoms with Crippen LogP contribution in [0.25, 0.3) is 0 Å². The predicted octanol–water partition coefficient (Wildman–Crippen LogP) is 1.63. The Bertz CT molecular complexity index is 472. The first-order chi connectivity index (χ1) is 8.12. The number of hydrogen-bond donors (Lipinski definition) is 0. The van der Waals surface area contributed by atoms with Crippen molar-refractivity contribution in [2.75, 3.05) is 14.2 Å². The van der Waals surface area contributed by atoms with Gasteiger partial charge in [-0.15, -0.1) is 5.92 Å². The van der Waals surface area contributed by atoms with Gasteiger partial charge in [0.05, 0.1) is 25.3 Å². The van der Waals surface area contributed by atoms with Crippen molar-refractivity contribution in [1.82, 2.24) is 0 Å². The van der Waals surface area contributed by atoms with E-state index in [0.717, 1.165) is 0 Å². The molecule has 0 heterocycles. The molecule has 0 aliphatic carbocycles. The van der Waals surface area contributed by atoms with E-state index in [0.29, 0.717) is 5.56 Å². The number of ether oxygens (including phenoxy) is 2. The maximum Gasteiger partial charge on any atom is 0.337 e. The quantitative estimate of drug-likeness (QED) is 0.574. The summed E-state index contributed by atoms with van der Waals surface area (Å²) in [5.41, 5.74) is 1.11. The van der Waals surface area contributed by atoms with Crippen molar-refractivity contribution in [2.45, 2.75) is 6.92 Å². The summed E-state index contributed by atoms with van der Waals surface area (Å²) >= 11 is 0. The van der Waals surface area contributed by atoms with Gasteiger partial charge in [-0.2, -0.15) is 0 Å². The average molecular weight is 232 g/mol. The van der Waals surface area contributed by atoms with Gasteiger partial charge < -0.3 is 9.47 Å². The molecule has 0 atom stereocenters. The summed E-state index contributed by atoms with van der Waals surface area (Å²) in [5.74, 6) is 4.44. The molecule has 88 valence electrons. The van der Waals surface area contributed by atoms with Crippen LogP contribution in [0.3, 0.4) is 0 Å². The molecule has 1 aromatic carbocycles. The SMILES string of the molecule is CC#Cc1cc(C(=O)OC)cc(C(=O)OC)c1. The lowest BCUT2D eigenvalue weighted by atomic mass is 10.1. The zero-order valence-corrected chi connectivity index (χ0v) is 9.87. The van der Waals surface area contributed by atoms with Crippen LogP contribution in [0, 0.1) is 11.8 Å². The number of benzene rings is 1. The van der Waals surface area contributed by atoms with Gasteiger partial charge in [-0.3, -0.25) is 0 Å². The Morgan fingerprint density at radius 2 is 1.47 bits per heavy atom. The molecule has 0 saturated heterocycles. The highest BCUT2D eigenvalue weighted by Gasteiger charge is 2.12. The summed E-state index contributed by atoms with van der Waals surface area (Å²) in [5, 5.41) is 0. The summed E-state index contributed by atoms with van der Waals surface area (Å²) in [6.07, 6.45) is 0. The second-order valence-corrected chi connectivity index (χ2v) is 3.16. The lowest BCUT2D eigenvalue weighted by Crippen LogP contribution is -2.07. The molecule has 0 fully saturated rings. The van der Waals surface area contributed by atoms with Crippen molar-refractivity contribution in [1.29, 1.82) is 0 Å². The smallest absolute Gasteiger partial charge is 0.337 e. The molecule has 0 radical (unpaired) electrons. The fraction of sp³-hybridized carbons (Fsp3) is 0.231. The highest BCUT2D eigenvalue weighted by atomic mass is 16.5. The fourth-order valence-corrected chi connectivity index (χ4v) is 1.32. The van der Waals surface area contributed by atoms with Crippen LogP contribution < -0.4 is 0 Å². The molecule has 0 aromatic heterocycles. The minimum absolute atomic E-state index is 0.271. The minimum Gasteiger partial charge on any atom is -0.465 e. The largest absolute Gasteiger partial charge is 0.465 e. The van der Waals surface area contributed by atoms with Crippen molar-refractivity contribution in [2.24, 2.45) is 0 Å². The molecule has 1 rings (SSSR count). The molecule has 0 spiro atoms. The molecular formula is C13H12O4. The van der Waals surface area contributed by atoms with Crippen molar-refractivity contribution in [3.63, 3.8) is 0 Å². The molecule has 4 heteroatoms. The molecular weight excluding hydrogens is 220 g/mol. The van der Waals surface area contributed by atoms with E-state index in [1.54, 1.807) is 19.1 Å². The Labute approximate surface area is 99.5 Å². The van der Waals surface area contributed by atoms with E-state index in [2.05, 4.69) is 21.3 Å². The lowest BCUT2D eigenvalue weighted by molar-refractivity contribution is 0.0599. The first-order valence-corrected chi connectivity index (χ1v) is 4.87. The molecule has 0 amide bonds. The maximum atomic E-state index is 11.4. The van der Waals surface area contributed by atoms with Crippen molar-refractivity contribution < 1.29 is 19.1 Å². The van der Waals surface area contributed by atoms with E-state index in [4.69, 9.17) is 0 Å². The van der Waals surface area contributed by atoms with Crippen LogP contribution in [0.2, 0.25) is 0 Å². The molecule has 0 aliphatic rings. The van der Waals surface area contributed by atoms with Crippen LogP contribution in [0.4, 0.5) is 0 Å². The van der Waals surface area contributed by atoms with Crippen LogP contribution in [0.5, 0.6) is 0 Å². The summed E-state index contributed by atoms with van der Waals surface area (Å²) in [4.78, 5) is 22.8. The van der Waals surface area contributed by atoms with Crippen molar-refractivity contribution in [3.8, 4) is 11.8 Å². The molecule has 1 aromatic rings. The van der Waals surface area contributed by atoms with E-state index < -0.39 is 11.9 Å². The predicted molar refractivity (Wildman–Crippen MR) is 61.7 cm³/mol. The summed E-state index contributed by atoms with van der Waals surface area (Å²) in [6.45, 7) is 1.67. The van der Waals surface area contributed by atoms with E-state index >= 15 is 0 Å². The van der Waals surface area contributed by atoms with E-state index in [1.807, 2.05) is 0 Å². The first-order valence-electron chi connectivity index (χ1n) is 4.87. The number of esters is 2. The molecule has 0 bridgehead atoms. The Balaban J connectivity index is 3.31. The maximum absolute atomic E-state index is 11.4. The van der Waals surface area contributed by atoms with E-state index in [1.165, 1.54) is 20.3 Å². The Hall–Kier alpha value is -2.28. The van der Waals surface area contributed by atoms with Crippen LogP contribution >= 0.6 is 0 Å². The number of rotatable bonds is 2. The third kappa shape index (κ3) is 3.08. The highest BCUT2D eigenvalue weighted by molar-refractivity contribution is 5.95. The van der Waals surface area contributed by atoms with Gasteiger partial charge in [0.15, 0.2) is 0 Å². The number of methoxy groups -OCH3 is 2. The topological polar surface area (TPSA) is 52.6 Å². The Morgan fingerprint density at radius 1 is 1.00 bits per heavy atom. The monoisotopic (exact) mass is 232 g/mol. The standard InChI is InChI=1S/C13H12O4/c1-4-5-9-6-10(12(14)16-2)8-11(7-9)13(15)17-3/h6-8H,1-3H3. The zero-order chi connectivity index (χ0) is 12.8.